The molecule has 180 valence electrons. The summed E-state index contributed by atoms with van der Waals surface area (Å²) in [4.78, 5) is 0. The van der Waals surface area contributed by atoms with Crippen LogP contribution in [0.4, 0.5) is 0 Å². The molecule has 0 amide bonds. The van der Waals surface area contributed by atoms with E-state index in [1.165, 1.54) is 82.4 Å². The Hall–Kier alpha value is -5.14. The molecule has 0 fully saturated rings. The highest BCUT2D eigenvalue weighted by Gasteiger charge is 2.25. The highest BCUT2D eigenvalue weighted by molar-refractivity contribution is 6.31. The quantitative estimate of drug-likeness (QED) is 0.226. The normalized spacial score (nSPS) is 12.1. The zero-order chi connectivity index (χ0) is 25.5. The first-order valence-electron chi connectivity index (χ1n) is 13.5. The fourth-order valence-electron chi connectivity index (χ4n) is 6.84. The maximum atomic E-state index is 2.49. The first-order chi connectivity index (χ1) is 19.4. The summed E-state index contributed by atoms with van der Waals surface area (Å²) < 4.78 is 2.49. The summed E-state index contributed by atoms with van der Waals surface area (Å²) in [6, 6.07) is 51.1. The van der Waals surface area contributed by atoms with Gasteiger partial charge in [-0.3, -0.25) is 0 Å². The average molecular weight is 494 g/mol. The second-order valence-electron chi connectivity index (χ2n) is 10.5. The van der Waals surface area contributed by atoms with Crippen LogP contribution in [0.5, 0.6) is 0 Å². The molecule has 1 heterocycles. The zero-order valence-corrected chi connectivity index (χ0v) is 21.2. The topological polar surface area (TPSA) is 4.93 Å². The highest BCUT2D eigenvalue weighted by atomic mass is 15.0. The molecule has 1 aromatic heterocycles. The van der Waals surface area contributed by atoms with Gasteiger partial charge in [-0.05, 0) is 67.7 Å². The SMILES string of the molecule is c1ccc(-c2ccc(-n3c4cc5c6c(cccc6c4c4ccc6ccccc6c43)-c3ccccc3-5)cc2)cc1. The molecular formula is C38H23N. The van der Waals surface area contributed by atoms with Gasteiger partial charge < -0.3 is 4.57 Å². The van der Waals surface area contributed by atoms with Crippen LogP contribution in [0.15, 0.2) is 140 Å². The van der Waals surface area contributed by atoms with Gasteiger partial charge in [0.15, 0.2) is 0 Å². The maximum absolute atomic E-state index is 2.49. The minimum atomic E-state index is 1.18. The molecule has 7 aromatic carbocycles. The molecule has 0 bridgehead atoms. The summed E-state index contributed by atoms with van der Waals surface area (Å²) >= 11 is 0. The third-order valence-corrected chi connectivity index (χ3v) is 8.51. The molecule has 0 spiro atoms. The molecule has 0 N–H and O–H groups in total. The van der Waals surface area contributed by atoms with Crippen molar-refractivity contribution in [1.29, 1.82) is 0 Å². The van der Waals surface area contributed by atoms with Gasteiger partial charge in [-0.2, -0.15) is 0 Å². The van der Waals surface area contributed by atoms with Gasteiger partial charge in [-0.15, -0.1) is 0 Å². The fourth-order valence-corrected chi connectivity index (χ4v) is 6.84. The lowest BCUT2D eigenvalue weighted by Crippen LogP contribution is -1.95. The third kappa shape index (κ3) is 2.79. The molecule has 39 heavy (non-hydrogen) atoms. The van der Waals surface area contributed by atoms with Crippen LogP contribution in [0.2, 0.25) is 0 Å². The molecule has 0 radical (unpaired) electrons. The molecule has 0 saturated heterocycles. The standard InChI is InChI=1S/C38H23N/c1-2-9-24(10-3-1)25-17-20-27(21-18-25)39-35-23-34-30-14-7-6-13-29(30)31-15-8-16-32(36(31)34)37(35)33-22-19-26-11-4-5-12-28(26)38(33)39/h1-23H. The Morgan fingerprint density at radius 3 is 1.90 bits per heavy atom. The van der Waals surface area contributed by atoms with Gasteiger partial charge in [0.05, 0.1) is 11.0 Å². The molecular weight excluding hydrogens is 470 g/mol. The number of nitrogens with zero attached hydrogens (tertiary/aromatic N) is 1. The van der Waals surface area contributed by atoms with Gasteiger partial charge in [0, 0.05) is 21.8 Å². The maximum Gasteiger partial charge on any atom is 0.0619 e. The molecule has 1 nitrogen and oxygen atoms in total. The van der Waals surface area contributed by atoms with Gasteiger partial charge in [0.25, 0.3) is 0 Å². The molecule has 1 aliphatic rings. The first kappa shape index (κ1) is 20.9. The molecule has 0 aliphatic heterocycles. The van der Waals surface area contributed by atoms with Crippen LogP contribution >= 0.6 is 0 Å². The predicted molar refractivity (Wildman–Crippen MR) is 166 cm³/mol. The van der Waals surface area contributed by atoms with Crippen molar-refractivity contribution in [3.8, 4) is 39.1 Å². The van der Waals surface area contributed by atoms with E-state index in [4.69, 9.17) is 0 Å². The molecule has 1 heteroatoms. The van der Waals surface area contributed by atoms with Crippen LogP contribution in [0, 0.1) is 0 Å². The van der Waals surface area contributed by atoms with E-state index in [9.17, 15) is 0 Å². The average Bonchev–Trinajstić information content (AvgIpc) is 3.52. The minimum absolute atomic E-state index is 1.18. The number of benzene rings is 7. The van der Waals surface area contributed by atoms with Gasteiger partial charge in [-0.1, -0.05) is 121 Å². The van der Waals surface area contributed by atoms with E-state index in [1.807, 2.05) is 0 Å². The van der Waals surface area contributed by atoms with Crippen molar-refractivity contribution in [2.24, 2.45) is 0 Å². The minimum Gasteiger partial charge on any atom is -0.309 e. The van der Waals surface area contributed by atoms with Crippen LogP contribution in [0.1, 0.15) is 0 Å². The molecule has 9 rings (SSSR count). The van der Waals surface area contributed by atoms with Crippen molar-refractivity contribution in [3.05, 3.63) is 140 Å². The van der Waals surface area contributed by atoms with Crippen molar-refractivity contribution in [1.82, 2.24) is 4.57 Å². The third-order valence-electron chi connectivity index (χ3n) is 8.51. The molecule has 0 unspecified atom stereocenters. The van der Waals surface area contributed by atoms with Crippen molar-refractivity contribution >= 4 is 43.4 Å². The van der Waals surface area contributed by atoms with Crippen LogP contribution in [-0.4, -0.2) is 4.57 Å². The molecule has 0 saturated carbocycles. The Morgan fingerprint density at radius 2 is 1.05 bits per heavy atom. The molecule has 1 aliphatic carbocycles. The van der Waals surface area contributed by atoms with E-state index in [-0.39, 0.29) is 0 Å². The Balaban J connectivity index is 1.44. The van der Waals surface area contributed by atoms with Gasteiger partial charge in [-0.25, -0.2) is 0 Å². The summed E-state index contributed by atoms with van der Waals surface area (Å²) in [5.41, 5.74) is 11.5. The summed E-state index contributed by atoms with van der Waals surface area (Å²) in [5.74, 6) is 0. The Morgan fingerprint density at radius 1 is 0.385 bits per heavy atom. The monoisotopic (exact) mass is 493 g/mol. The van der Waals surface area contributed by atoms with Crippen molar-refractivity contribution in [2.75, 3.05) is 0 Å². The van der Waals surface area contributed by atoms with E-state index >= 15 is 0 Å². The van der Waals surface area contributed by atoms with Gasteiger partial charge in [0.2, 0.25) is 0 Å². The lowest BCUT2D eigenvalue weighted by atomic mass is 9.97. The number of hydrogen-bond acceptors (Lipinski definition) is 0. The van der Waals surface area contributed by atoms with Crippen molar-refractivity contribution < 1.29 is 0 Å². The summed E-state index contributed by atoms with van der Waals surface area (Å²) in [6.45, 7) is 0. The lowest BCUT2D eigenvalue weighted by Gasteiger charge is -2.12. The van der Waals surface area contributed by atoms with E-state index in [0.29, 0.717) is 0 Å². The zero-order valence-electron chi connectivity index (χ0n) is 21.2. The number of fused-ring (bicyclic) bond motifs is 9. The Kier molecular flexibility index (Phi) is 4.11. The Bertz CT molecular complexity index is 2250. The molecule has 0 atom stereocenters. The Labute approximate surface area is 226 Å². The van der Waals surface area contributed by atoms with E-state index < -0.39 is 0 Å². The number of hydrogen-bond donors (Lipinski definition) is 0. The van der Waals surface area contributed by atoms with E-state index in [1.54, 1.807) is 0 Å². The van der Waals surface area contributed by atoms with Crippen LogP contribution in [0.25, 0.3) is 82.4 Å². The summed E-state index contributed by atoms with van der Waals surface area (Å²) in [6.07, 6.45) is 0. The first-order valence-corrected chi connectivity index (χ1v) is 13.5. The number of aromatic nitrogens is 1. The second kappa shape index (κ2) is 7.69. The van der Waals surface area contributed by atoms with Crippen LogP contribution < -0.4 is 0 Å². The van der Waals surface area contributed by atoms with Crippen LogP contribution in [-0.2, 0) is 0 Å². The highest BCUT2D eigenvalue weighted by Crippen LogP contribution is 2.51. The van der Waals surface area contributed by atoms with Crippen LogP contribution in [0.3, 0.4) is 0 Å². The largest absolute Gasteiger partial charge is 0.309 e. The van der Waals surface area contributed by atoms with E-state index in [0.717, 1.165) is 0 Å². The summed E-state index contributed by atoms with van der Waals surface area (Å²) in [7, 11) is 0. The van der Waals surface area contributed by atoms with E-state index in [2.05, 4.69) is 144 Å². The smallest absolute Gasteiger partial charge is 0.0619 e. The lowest BCUT2D eigenvalue weighted by molar-refractivity contribution is 1.19. The van der Waals surface area contributed by atoms with Crippen molar-refractivity contribution in [2.45, 2.75) is 0 Å². The number of rotatable bonds is 2. The second-order valence-corrected chi connectivity index (χ2v) is 10.5. The molecule has 8 aromatic rings. The fraction of sp³-hybridized carbons (Fsp3) is 0. The van der Waals surface area contributed by atoms with Crippen molar-refractivity contribution in [3.63, 3.8) is 0 Å². The summed E-state index contributed by atoms with van der Waals surface area (Å²) in [5, 5.41) is 7.88. The van der Waals surface area contributed by atoms with Gasteiger partial charge in [0.1, 0.15) is 0 Å². The predicted octanol–water partition coefficient (Wildman–Crippen LogP) is 10.4. The van der Waals surface area contributed by atoms with Gasteiger partial charge >= 0.3 is 0 Å².